The van der Waals surface area contributed by atoms with E-state index < -0.39 is 0 Å². The van der Waals surface area contributed by atoms with Gasteiger partial charge in [-0.1, -0.05) is 19.8 Å². The van der Waals surface area contributed by atoms with Gasteiger partial charge in [0.15, 0.2) is 0 Å². The van der Waals surface area contributed by atoms with Crippen molar-refractivity contribution in [3.8, 4) is 6.07 Å². The molecule has 4 atom stereocenters. The van der Waals surface area contributed by atoms with Crippen LogP contribution in [0.4, 0.5) is 0 Å². The third-order valence-electron chi connectivity index (χ3n) is 4.77. The molecule has 1 saturated carbocycles. The van der Waals surface area contributed by atoms with Crippen molar-refractivity contribution in [2.75, 3.05) is 6.54 Å². The first kappa shape index (κ1) is 12.9. The Labute approximate surface area is 106 Å². The van der Waals surface area contributed by atoms with Crippen LogP contribution in [0, 0.1) is 23.2 Å². The van der Waals surface area contributed by atoms with E-state index in [1.165, 1.54) is 45.1 Å². The lowest BCUT2D eigenvalue weighted by atomic mass is 9.78. The lowest BCUT2D eigenvalue weighted by Gasteiger charge is -2.42. The molecule has 2 nitrogen and oxygen atoms in total. The molecule has 2 heteroatoms. The van der Waals surface area contributed by atoms with E-state index in [0.717, 1.165) is 12.3 Å². The Kier molecular flexibility index (Phi) is 4.45. The Morgan fingerprint density at radius 1 is 1.06 bits per heavy atom. The van der Waals surface area contributed by atoms with E-state index in [4.69, 9.17) is 0 Å². The van der Waals surface area contributed by atoms with Crippen LogP contribution in [0.5, 0.6) is 0 Å². The molecule has 2 aliphatic rings. The molecule has 96 valence electrons. The minimum atomic E-state index is 0.284. The topological polar surface area (TPSA) is 27.0 Å². The summed E-state index contributed by atoms with van der Waals surface area (Å²) in [6.07, 6.45) is 9.00. The smallest absolute Gasteiger partial charge is 0.0672 e. The van der Waals surface area contributed by atoms with Gasteiger partial charge in [0.05, 0.1) is 12.0 Å². The highest BCUT2D eigenvalue weighted by atomic mass is 15.2. The Morgan fingerprint density at radius 2 is 1.88 bits per heavy atom. The summed E-state index contributed by atoms with van der Waals surface area (Å²) in [6.45, 7) is 5.93. The molecule has 2 fully saturated rings. The van der Waals surface area contributed by atoms with Crippen LogP contribution in [0.15, 0.2) is 0 Å². The molecule has 1 saturated heterocycles. The van der Waals surface area contributed by atoms with Crippen molar-refractivity contribution in [2.45, 2.75) is 70.9 Å². The number of hydrogen-bond donors (Lipinski definition) is 0. The van der Waals surface area contributed by atoms with Crippen LogP contribution in [0.25, 0.3) is 0 Å². The van der Waals surface area contributed by atoms with Crippen LogP contribution in [-0.2, 0) is 0 Å². The molecule has 0 bridgehead atoms. The summed E-state index contributed by atoms with van der Waals surface area (Å²) >= 11 is 0. The normalized spacial score (nSPS) is 40.5. The largest absolute Gasteiger partial charge is 0.296 e. The maximum absolute atomic E-state index is 9.36. The predicted octanol–water partition coefficient (Wildman–Crippen LogP) is 3.58. The third-order valence-corrected chi connectivity index (χ3v) is 4.77. The van der Waals surface area contributed by atoms with Crippen LogP contribution in [-0.4, -0.2) is 23.5 Å². The predicted molar refractivity (Wildman–Crippen MR) is 70.5 cm³/mol. The number of nitrogens with zero attached hydrogens (tertiary/aromatic N) is 2. The first-order chi connectivity index (χ1) is 8.22. The monoisotopic (exact) mass is 234 g/mol. The molecule has 0 aromatic heterocycles. The minimum absolute atomic E-state index is 0.284. The second-order valence-corrected chi connectivity index (χ2v) is 6.16. The lowest BCUT2D eigenvalue weighted by Crippen LogP contribution is -2.47. The third kappa shape index (κ3) is 3.01. The zero-order valence-electron chi connectivity index (χ0n) is 11.4. The van der Waals surface area contributed by atoms with Gasteiger partial charge in [-0.15, -0.1) is 0 Å². The summed E-state index contributed by atoms with van der Waals surface area (Å²) in [4.78, 5) is 2.66. The fourth-order valence-electron chi connectivity index (χ4n) is 3.66. The van der Waals surface area contributed by atoms with E-state index in [1.54, 1.807) is 0 Å². The van der Waals surface area contributed by atoms with Crippen molar-refractivity contribution < 1.29 is 0 Å². The summed E-state index contributed by atoms with van der Waals surface area (Å²) < 4.78 is 0. The molecule has 1 aliphatic carbocycles. The van der Waals surface area contributed by atoms with Gasteiger partial charge in [0, 0.05) is 12.1 Å². The summed E-state index contributed by atoms with van der Waals surface area (Å²) in [5.41, 5.74) is 0. The Bertz CT molecular complexity index is 281. The van der Waals surface area contributed by atoms with Crippen LogP contribution in [0.3, 0.4) is 0 Å². The van der Waals surface area contributed by atoms with Gasteiger partial charge in [0.1, 0.15) is 0 Å². The van der Waals surface area contributed by atoms with Gasteiger partial charge in [0.2, 0.25) is 0 Å². The number of nitriles is 1. The van der Waals surface area contributed by atoms with Crippen molar-refractivity contribution in [3.05, 3.63) is 0 Å². The Morgan fingerprint density at radius 3 is 2.65 bits per heavy atom. The van der Waals surface area contributed by atoms with E-state index in [9.17, 15) is 5.26 Å². The molecular weight excluding hydrogens is 208 g/mol. The SMILES string of the molecule is CC1CCC(C#N)C(N2CCCCCC2C)C1. The van der Waals surface area contributed by atoms with Gasteiger partial charge in [-0.2, -0.15) is 5.26 Å². The molecule has 0 aromatic carbocycles. The highest BCUT2D eigenvalue weighted by Crippen LogP contribution is 2.34. The first-order valence-electron chi connectivity index (χ1n) is 7.37. The second kappa shape index (κ2) is 5.87. The van der Waals surface area contributed by atoms with E-state index in [0.29, 0.717) is 12.1 Å². The summed E-state index contributed by atoms with van der Waals surface area (Å²) in [7, 11) is 0. The van der Waals surface area contributed by atoms with Crippen molar-refractivity contribution in [3.63, 3.8) is 0 Å². The quantitative estimate of drug-likeness (QED) is 0.693. The van der Waals surface area contributed by atoms with Gasteiger partial charge < -0.3 is 0 Å². The molecule has 0 spiro atoms. The summed E-state index contributed by atoms with van der Waals surface area (Å²) in [6, 6.07) is 3.79. The van der Waals surface area contributed by atoms with Crippen molar-refractivity contribution in [1.82, 2.24) is 4.90 Å². The van der Waals surface area contributed by atoms with Gasteiger partial charge in [-0.3, -0.25) is 4.90 Å². The molecule has 0 N–H and O–H groups in total. The van der Waals surface area contributed by atoms with E-state index in [1.807, 2.05) is 0 Å². The van der Waals surface area contributed by atoms with E-state index in [2.05, 4.69) is 24.8 Å². The van der Waals surface area contributed by atoms with Gasteiger partial charge in [-0.25, -0.2) is 0 Å². The average molecular weight is 234 g/mol. The molecule has 0 radical (unpaired) electrons. The lowest BCUT2D eigenvalue weighted by molar-refractivity contribution is 0.0740. The number of hydrogen-bond acceptors (Lipinski definition) is 2. The molecule has 17 heavy (non-hydrogen) atoms. The Hall–Kier alpha value is -0.550. The molecule has 1 heterocycles. The number of rotatable bonds is 1. The highest BCUT2D eigenvalue weighted by molar-refractivity contribution is 4.98. The molecule has 2 rings (SSSR count). The fraction of sp³-hybridized carbons (Fsp3) is 0.933. The summed E-state index contributed by atoms with van der Waals surface area (Å²) in [5, 5.41) is 9.36. The fourth-order valence-corrected chi connectivity index (χ4v) is 3.66. The number of likely N-dealkylation sites (tertiary alicyclic amines) is 1. The second-order valence-electron chi connectivity index (χ2n) is 6.16. The van der Waals surface area contributed by atoms with Crippen LogP contribution < -0.4 is 0 Å². The zero-order valence-corrected chi connectivity index (χ0v) is 11.4. The van der Waals surface area contributed by atoms with Crippen molar-refractivity contribution in [2.24, 2.45) is 11.8 Å². The van der Waals surface area contributed by atoms with Crippen molar-refractivity contribution >= 4 is 0 Å². The minimum Gasteiger partial charge on any atom is -0.296 e. The van der Waals surface area contributed by atoms with Crippen LogP contribution in [0.1, 0.15) is 58.8 Å². The van der Waals surface area contributed by atoms with Gasteiger partial charge in [0.25, 0.3) is 0 Å². The average Bonchev–Trinajstić information content (AvgIpc) is 2.54. The maximum atomic E-state index is 9.36. The van der Waals surface area contributed by atoms with Crippen molar-refractivity contribution in [1.29, 1.82) is 5.26 Å². The molecule has 4 unspecified atom stereocenters. The standard InChI is InChI=1S/C15H26N2/c1-12-7-8-14(11-16)15(10-12)17-9-5-3-4-6-13(17)2/h12-15H,3-10H2,1-2H3. The molecule has 1 aliphatic heterocycles. The van der Waals surface area contributed by atoms with Gasteiger partial charge in [-0.05, 0) is 51.5 Å². The van der Waals surface area contributed by atoms with E-state index >= 15 is 0 Å². The van der Waals surface area contributed by atoms with Crippen LogP contribution >= 0.6 is 0 Å². The maximum Gasteiger partial charge on any atom is 0.0672 e. The first-order valence-corrected chi connectivity index (χ1v) is 7.37. The Balaban J connectivity index is 2.08. The zero-order chi connectivity index (χ0) is 12.3. The molecule has 0 aromatic rings. The highest BCUT2D eigenvalue weighted by Gasteiger charge is 2.35. The molecule has 0 amide bonds. The van der Waals surface area contributed by atoms with Crippen LogP contribution in [0.2, 0.25) is 0 Å². The molecular formula is C15H26N2. The van der Waals surface area contributed by atoms with Gasteiger partial charge >= 0.3 is 0 Å². The summed E-state index contributed by atoms with van der Waals surface area (Å²) in [5.74, 6) is 1.09. The van der Waals surface area contributed by atoms with E-state index in [-0.39, 0.29) is 5.92 Å².